The summed E-state index contributed by atoms with van der Waals surface area (Å²) in [5, 5.41) is 5.92. The quantitative estimate of drug-likeness (QED) is 0.489. The van der Waals surface area contributed by atoms with Gasteiger partial charge in [0.2, 0.25) is 5.91 Å². The Morgan fingerprint density at radius 2 is 1.59 bits per heavy atom. The molecule has 3 atom stereocenters. The van der Waals surface area contributed by atoms with Crippen LogP contribution in [0.2, 0.25) is 5.02 Å². The number of hydrogen-bond donors (Lipinski definition) is 2. The van der Waals surface area contributed by atoms with Crippen molar-refractivity contribution in [2.24, 2.45) is 0 Å². The lowest BCUT2D eigenvalue weighted by atomic mass is 10.1. The predicted molar refractivity (Wildman–Crippen MR) is 150 cm³/mol. The predicted octanol–water partition coefficient (Wildman–Crippen LogP) is 3.51. The van der Waals surface area contributed by atoms with Crippen molar-refractivity contribution in [1.82, 2.24) is 25.3 Å². The molecule has 2 unspecified atom stereocenters. The molecule has 8 nitrogen and oxygen atoms in total. The van der Waals surface area contributed by atoms with Crippen molar-refractivity contribution in [3.63, 3.8) is 0 Å². The molecular weight excluding hydrogens is 559 g/mol. The summed E-state index contributed by atoms with van der Waals surface area (Å²) < 4.78 is 38.7. The fourth-order valence-corrected chi connectivity index (χ4v) is 5.50. The first-order valence-electron chi connectivity index (χ1n) is 13.7. The number of benzene rings is 2. The van der Waals surface area contributed by atoms with Crippen LogP contribution in [0.5, 0.6) is 0 Å². The van der Waals surface area contributed by atoms with Gasteiger partial charge in [-0.2, -0.15) is 13.2 Å². The lowest BCUT2D eigenvalue weighted by Gasteiger charge is -2.42. The van der Waals surface area contributed by atoms with E-state index in [-0.39, 0.29) is 42.0 Å². The van der Waals surface area contributed by atoms with E-state index in [1.54, 1.807) is 24.3 Å². The van der Waals surface area contributed by atoms with Gasteiger partial charge in [-0.05, 0) is 62.7 Å². The molecule has 4 rings (SSSR count). The Hall–Kier alpha value is -3.15. The van der Waals surface area contributed by atoms with Crippen LogP contribution in [0.4, 0.5) is 13.2 Å². The average molecular weight is 594 g/mol. The maximum atomic E-state index is 12.9. The number of carbonyl (C=O) groups excluding carboxylic acids is 3. The molecule has 2 aliphatic heterocycles. The highest BCUT2D eigenvalue weighted by atomic mass is 35.5. The standard InChI is InChI=1S/C29H35ClF3N5O3/c1-19(36-12-14-37(15-13-36)28(41)21-6-8-24(30)9-7-21)20(2)38-11-10-25(18-38)35-26(39)17-34-27(40)22-4-3-5-23(16-22)29(31,32)33/h3-9,16,19-20,25H,10-15,17-18H2,1-2H3,(H,34,40)(H,35,39)/t19?,20?,25-/m1/s1. The number of hydrogen-bond acceptors (Lipinski definition) is 5. The van der Waals surface area contributed by atoms with Gasteiger partial charge >= 0.3 is 6.18 Å². The Labute approximate surface area is 242 Å². The number of amides is 3. The second-order valence-corrected chi connectivity index (χ2v) is 11.1. The van der Waals surface area contributed by atoms with Crippen LogP contribution in [0.15, 0.2) is 48.5 Å². The van der Waals surface area contributed by atoms with Crippen LogP contribution in [0, 0.1) is 0 Å². The van der Waals surface area contributed by atoms with E-state index in [1.165, 1.54) is 6.07 Å². The van der Waals surface area contributed by atoms with Gasteiger partial charge in [0.1, 0.15) is 0 Å². The number of alkyl halides is 3. The van der Waals surface area contributed by atoms with E-state index in [4.69, 9.17) is 11.6 Å². The second kappa shape index (κ2) is 13.2. The third-order valence-corrected chi connectivity index (χ3v) is 8.24. The fourth-order valence-electron chi connectivity index (χ4n) is 5.37. The SMILES string of the molecule is CC(C(C)N1CC[C@@H](NC(=O)CNC(=O)c2cccc(C(F)(F)F)c2)C1)N1CCN(C(=O)c2ccc(Cl)cc2)CC1. The minimum absolute atomic E-state index is 0.00570. The summed E-state index contributed by atoms with van der Waals surface area (Å²) >= 11 is 5.94. The molecule has 0 spiro atoms. The fraction of sp³-hybridized carbons (Fsp3) is 0.483. The largest absolute Gasteiger partial charge is 0.416 e. The first-order valence-corrected chi connectivity index (χ1v) is 14.1. The number of rotatable bonds is 8. The highest BCUT2D eigenvalue weighted by molar-refractivity contribution is 6.30. The van der Waals surface area contributed by atoms with Crippen LogP contribution in [0.25, 0.3) is 0 Å². The number of nitrogens with zero attached hydrogens (tertiary/aromatic N) is 3. The maximum Gasteiger partial charge on any atom is 0.416 e. The van der Waals surface area contributed by atoms with E-state index < -0.39 is 17.6 Å². The van der Waals surface area contributed by atoms with E-state index in [9.17, 15) is 27.6 Å². The number of nitrogens with one attached hydrogen (secondary N) is 2. The van der Waals surface area contributed by atoms with E-state index >= 15 is 0 Å². The summed E-state index contributed by atoms with van der Waals surface area (Å²) in [6.07, 6.45) is -3.80. The van der Waals surface area contributed by atoms with Gasteiger partial charge in [-0.1, -0.05) is 17.7 Å². The molecule has 2 N–H and O–H groups in total. The van der Waals surface area contributed by atoms with Gasteiger partial charge in [0.25, 0.3) is 11.8 Å². The molecule has 0 radical (unpaired) electrons. The monoisotopic (exact) mass is 593 g/mol. The lowest BCUT2D eigenvalue weighted by molar-refractivity contribution is -0.137. The normalized spacial score (nSPS) is 20.0. The molecule has 2 fully saturated rings. The molecule has 2 aromatic carbocycles. The number of carbonyl (C=O) groups is 3. The van der Waals surface area contributed by atoms with Crippen molar-refractivity contribution in [2.75, 3.05) is 45.8 Å². The molecule has 0 aromatic heterocycles. The maximum absolute atomic E-state index is 12.9. The average Bonchev–Trinajstić information content (AvgIpc) is 3.43. The Bertz CT molecular complexity index is 1230. The lowest BCUT2D eigenvalue weighted by Crippen LogP contribution is -2.56. The topological polar surface area (TPSA) is 85.0 Å². The van der Waals surface area contributed by atoms with Crippen LogP contribution in [0.3, 0.4) is 0 Å². The molecule has 2 saturated heterocycles. The number of piperazine rings is 1. The van der Waals surface area contributed by atoms with Gasteiger partial charge < -0.3 is 15.5 Å². The van der Waals surface area contributed by atoms with E-state index in [2.05, 4.69) is 34.3 Å². The Kier molecular flexibility index (Phi) is 9.93. The molecule has 2 aromatic rings. The van der Waals surface area contributed by atoms with Crippen LogP contribution < -0.4 is 10.6 Å². The molecule has 2 aliphatic rings. The van der Waals surface area contributed by atoms with Crippen molar-refractivity contribution in [3.8, 4) is 0 Å². The minimum Gasteiger partial charge on any atom is -0.350 e. The summed E-state index contributed by atoms with van der Waals surface area (Å²) in [6.45, 7) is 8.31. The Morgan fingerprint density at radius 3 is 2.24 bits per heavy atom. The van der Waals surface area contributed by atoms with Gasteiger partial charge in [0.05, 0.1) is 12.1 Å². The van der Waals surface area contributed by atoms with Gasteiger partial charge in [-0.25, -0.2) is 0 Å². The van der Waals surface area contributed by atoms with E-state index in [0.29, 0.717) is 30.2 Å². The van der Waals surface area contributed by atoms with Gasteiger partial charge in [0.15, 0.2) is 0 Å². The van der Waals surface area contributed by atoms with Crippen molar-refractivity contribution in [1.29, 1.82) is 0 Å². The first kappa shape index (κ1) is 30.8. The number of halogens is 4. The van der Waals surface area contributed by atoms with E-state index in [1.807, 2.05) is 4.90 Å². The molecule has 0 aliphatic carbocycles. The second-order valence-electron chi connectivity index (χ2n) is 10.6. The highest BCUT2D eigenvalue weighted by Crippen LogP contribution is 2.29. The molecule has 3 amide bonds. The zero-order valence-corrected chi connectivity index (χ0v) is 23.8. The highest BCUT2D eigenvalue weighted by Gasteiger charge is 2.34. The summed E-state index contributed by atoms with van der Waals surface area (Å²) in [5.74, 6) is -1.12. The van der Waals surface area contributed by atoms with Gasteiger partial charge in [0, 0.05) is 73.5 Å². The summed E-state index contributed by atoms with van der Waals surface area (Å²) in [6, 6.07) is 11.4. The Balaban J connectivity index is 1.19. The van der Waals surface area contributed by atoms with Crippen LogP contribution in [-0.2, 0) is 11.0 Å². The van der Waals surface area contributed by atoms with E-state index in [0.717, 1.165) is 44.3 Å². The molecule has 41 heavy (non-hydrogen) atoms. The summed E-state index contributed by atoms with van der Waals surface area (Å²) in [4.78, 5) is 44.1. The first-order chi connectivity index (χ1) is 19.4. The molecule has 12 heteroatoms. The molecule has 0 saturated carbocycles. The van der Waals surface area contributed by atoms with Crippen LogP contribution in [0.1, 0.15) is 46.5 Å². The summed E-state index contributed by atoms with van der Waals surface area (Å²) in [7, 11) is 0. The molecular formula is C29H35ClF3N5O3. The molecule has 222 valence electrons. The molecule has 0 bridgehead atoms. The van der Waals surface area contributed by atoms with Crippen molar-refractivity contribution in [2.45, 2.75) is 44.6 Å². The van der Waals surface area contributed by atoms with Gasteiger partial charge in [-0.3, -0.25) is 24.2 Å². The van der Waals surface area contributed by atoms with Crippen molar-refractivity contribution < 1.29 is 27.6 Å². The van der Waals surface area contributed by atoms with Crippen LogP contribution >= 0.6 is 11.6 Å². The Morgan fingerprint density at radius 1 is 0.927 bits per heavy atom. The third-order valence-electron chi connectivity index (χ3n) is 7.99. The zero-order chi connectivity index (χ0) is 29.7. The van der Waals surface area contributed by atoms with Crippen LogP contribution in [-0.4, -0.2) is 96.4 Å². The number of likely N-dealkylation sites (tertiary alicyclic amines) is 1. The molecule has 2 heterocycles. The van der Waals surface area contributed by atoms with Crippen molar-refractivity contribution in [3.05, 3.63) is 70.2 Å². The minimum atomic E-state index is -4.55. The third kappa shape index (κ3) is 7.99. The summed E-state index contributed by atoms with van der Waals surface area (Å²) in [5.41, 5.74) is -0.445. The van der Waals surface area contributed by atoms with Crippen molar-refractivity contribution >= 4 is 29.3 Å². The smallest absolute Gasteiger partial charge is 0.350 e. The zero-order valence-electron chi connectivity index (χ0n) is 23.1. The van der Waals surface area contributed by atoms with Gasteiger partial charge in [-0.15, -0.1) is 0 Å².